The summed E-state index contributed by atoms with van der Waals surface area (Å²) in [6, 6.07) is -0.438. The van der Waals surface area contributed by atoms with Gasteiger partial charge in [0.15, 0.2) is 0 Å². The zero-order valence-electron chi connectivity index (χ0n) is 10.6. The van der Waals surface area contributed by atoms with Crippen LogP contribution in [0.1, 0.15) is 33.6 Å². The van der Waals surface area contributed by atoms with Crippen molar-refractivity contribution in [3.05, 3.63) is 0 Å². The van der Waals surface area contributed by atoms with Crippen molar-refractivity contribution in [1.82, 2.24) is 5.32 Å². The topological polar surface area (TPSA) is 64.4 Å². The third kappa shape index (κ3) is 4.10. The molecule has 3 N–H and O–H groups in total. The van der Waals surface area contributed by atoms with E-state index in [-0.39, 0.29) is 11.3 Å². The Morgan fingerprint density at radius 1 is 1.44 bits per heavy atom. The molecule has 0 aliphatic carbocycles. The average Bonchev–Trinajstić information content (AvgIpc) is 2.25. The van der Waals surface area contributed by atoms with Crippen LogP contribution >= 0.6 is 0 Å². The number of rotatable bonds is 3. The normalized spacial score (nSPS) is 20.5. The highest BCUT2D eigenvalue weighted by molar-refractivity contribution is 5.82. The molecule has 1 aliphatic heterocycles. The zero-order valence-corrected chi connectivity index (χ0v) is 10.6. The number of hydrogen-bond acceptors (Lipinski definition) is 3. The Kier molecular flexibility index (Phi) is 4.74. The van der Waals surface area contributed by atoms with E-state index >= 15 is 0 Å². The second-order valence-corrected chi connectivity index (χ2v) is 5.64. The van der Waals surface area contributed by atoms with Crippen molar-refractivity contribution in [3.63, 3.8) is 0 Å². The van der Waals surface area contributed by atoms with Crippen LogP contribution in [0.25, 0.3) is 0 Å². The number of ether oxygens (including phenoxy) is 1. The van der Waals surface area contributed by atoms with Gasteiger partial charge in [-0.15, -0.1) is 0 Å². The molecule has 1 unspecified atom stereocenters. The van der Waals surface area contributed by atoms with Gasteiger partial charge in [0.25, 0.3) is 0 Å². The van der Waals surface area contributed by atoms with E-state index in [1.807, 2.05) is 20.8 Å². The Labute approximate surface area is 97.9 Å². The molecule has 1 heterocycles. The summed E-state index contributed by atoms with van der Waals surface area (Å²) in [5.74, 6) is 0.504. The van der Waals surface area contributed by atoms with Crippen molar-refractivity contribution in [3.8, 4) is 0 Å². The quantitative estimate of drug-likeness (QED) is 0.754. The number of amides is 1. The van der Waals surface area contributed by atoms with Crippen LogP contribution in [-0.2, 0) is 9.53 Å². The van der Waals surface area contributed by atoms with E-state index < -0.39 is 6.04 Å². The van der Waals surface area contributed by atoms with Gasteiger partial charge < -0.3 is 15.8 Å². The number of carbonyl (C=O) groups excluding carboxylic acids is 1. The molecule has 1 fully saturated rings. The van der Waals surface area contributed by atoms with Gasteiger partial charge >= 0.3 is 0 Å². The summed E-state index contributed by atoms with van der Waals surface area (Å²) in [7, 11) is 0. The summed E-state index contributed by atoms with van der Waals surface area (Å²) in [6.07, 6.45) is 2.07. The van der Waals surface area contributed by atoms with Crippen LogP contribution in [0.5, 0.6) is 0 Å². The number of nitrogens with two attached hydrogens (primary N) is 1. The molecule has 1 atom stereocenters. The fourth-order valence-electron chi connectivity index (χ4n) is 1.70. The lowest BCUT2D eigenvalue weighted by molar-refractivity contribution is -0.124. The van der Waals surface area contributed by atoms with Crippen LogP contribution in [0.4, 0.5) is 0 Å². The minimum atomic E-state index is -0.438. The Balaban J connectivity index is 2.29. The second kappa shape index (κ2) is 5.64. The monoisotopic (exact) mass is 228 g/mol. The summed E-state index contributed by atoms with van der Waals surface area (Å²) in [6.45, 7) is 8.28. The molecule has 4 heteroatoms. The minimum Gasteiger partial charge on any atom is -0.381 e. The minimum absolute atomic E-state index is 0.0426. The number of nitrogens with one attached hydrogen (secondary N) is 1. The van der Waals surface area contributed by atoms with E-state index in [0.717, 1.165) is 32.6 Å². The van der Waals surface area contributed by atoms with E-state index in [9.17, 15) is 4.79 Å². The van der Waals surface area contributed by atoms with Gasteiger partial charge in [-0.05, 0) is 24.2 Å². The molecule has 0 aromatic rings. The molecule has 1 saturated heterocycles. The van der Waals surface area contributed by atoms with Crippen molar-refractivity contribution < 1.29 is 9.53 Å². The molecule has 4 nitrogen and oxygen atoms in total. The third-order valence-electron chi connectivity index (χ3n) is 3.12. The predicted molar refractivity (Wildman–Crippen MR) is 64.0 cm³/mol. The lowest BCUT2D eigenvalue weighted by Crippen LogP contribution is -2.49. The molecule has 0 radical (unpaired) electrons. The van der Waals surface area contributed by atoms with Crippen LogP contribution in [-0.4, -0.2) is 31.7 Å². The van der Waals surface area contributed by atoms with Gasteiger partial charge in [0, 0.05) is 19.8 Å². The first-order chi connectivity index (χ1) is 7.41. The zero-order chi connectivity index (χ0) is 12.2. The fraction of sp³-hybridized carbons (Fsp3) is 0.917. The highest BCUT2D eigenvalue weighted by atomic mass is 16.5. The first kappa shape index (κ1) is 13.5. The molecular weight excluding hydrogens is 204 g/mol. The molecule has 0 saturated carbocycles. The highest BCUT2D eigenvalue weighted by Crippen LogP contribution is 2.18. The third-order valence-corrected chi connectivity index (χ3v) is 3.12. The summed E-state index contributed by atoms with van der Waals surface area (Å²) < 4.78 is 5.27. The SMILES string of the molecule is CC(C)(C)C(N)C(=O)NCC1CCOCC1. The largest absolute Gasteiger partial charge is 0.381 e. The van der Waals surface area contributed by atoms with Gasteiger partial charge in [-0.25, -0.2) is 0 Å². The van der Waals surface area contributed by atoms with Crippen molar-refractivity contribution in [2.45, 2.75) is 39.7 Å². The molecule has 0 aromatic heterocycles. The van der Waals surface area contributed by atoms with Crippen LogP contribution in [0.3, 0.4) is 0 Å². The van der Waals surface area contributed by atoms with Gasteiger partial charge in [-0.2, -0.15) is 0 Å². The highest BCUT2D eigenvalue weighted by Gasteiger charge is 2.27. The summed E-state index contributed by atoms with van der Waals surface area (Å²) in [5.41, 5.74) is 5.69. The molecular formula is C12H24N2O2. The van der Waals surface area contributed by atoms with Gasteiger partial charge in [0.1, 0.15) is 0 Å². The van der Waals surface area contributed by atoms with Crippen molar-refractivity contribution in [1.29, 1.82) is 0 Å². The maximum atomic E-state index is 11.8. The van der Waals surface area contributed by atoms with Crippen LogP contribution in [0.15, 0.2) is 0 Å². The molecule has 16 heavy (non-hydrogen) atoms. The lowest BCUT2D eigenvalue weighted by Gasteiger charge is -2.27. The van der Waals surface area contributed by atoms with E-state index in [1.54, 1.807) is 0 Å². The van der Waals surface area contributed by atoms with Crippen LogP contribution in [0, 0.1) is 11.3 Å². The van der Waals surface area contributed by atoms with Gasteiger partial charge in [-0.1, -0.05) is 20.8 Å². The Bertz CT molecular complexity index is 230. The molecule has 1 aliphatic rings. The number of hydrogen-bond donors (Lipinski definition) is 2. The maximum Gasteiger partial charge on any atom is 0.237 e. The van der Waals surface area contributed by atoms with Gasteiger partial charge in [0.2, 0.25) is 5.91 Å². The van der Waals surface area contributed by atoms with Crippen LogP contribution in [0.2, 0.25) is 0 Å². The number of carbonyl (C=O) groups is 1. The van der Waals surface area contributed by atoms with E-state index in [0.29, 0.717) is 5.92 Å². The van der Waals surface area contributed by atoms with E-state index in [2.05, 4.69) is 5.32 Å². The summed E-state index contributed by atoms with van der Waals surface area (Å²) in [4.78, 5) is 11.8. The van der Waals surface area contributed by atoms with Crippen molar-refractivity contribution >= 4 is 5.91 Å². The van der Waals surface area contributed by atoms with E-state index in [1.165, 1.54) is 0 Å². The first-order valence-electron chi connectivity index (χ1n) is 6.02. The molecule has 94 valence electrons. The average molecular weight is 228 g/mol. The Morgan fingerprint density at radius 2 is 2.00 bits per heavy atom. The second-order valence-electron chi connectivity index (χ2n) is 5.64. The standard InChI is InChI=1S/C12H24N2O2/c1-12(2,3)10(13)11(15)14-8-9-4-6-16-7-5-9/h9-10H,4-8,13H2,1-3H3,(H,14,15). The fourth-order valence-corrected chi connectivity index (χ4v) is 1.70. The van der Waals surface area contributed by atoms with E-state index in [4.69, 9.17) is 10.5 Å². The predicted octanol–water partition coefficient (Wildman–Crippen LogP) is 0.903. The van der Waals surface area contributed by atoms with Gasteiger partial charge in [0.05, 0.1) is 6.04 Å². The molecule has 1 amide bonds. The molecule has 0 bridgehead atoms. The summed E-state index contributed by atoms with van der Waals surface area (Å²) >= 11 is 0. The Hall–Kier alpha value is -0.610. The van der Waals surface area contributed by atoms with Gasteiger partial charge in [-0.3, -0.25) is 4.79 Å². The molecule has 0 aromatic carbocycles. The van der Waals surface area contributed by atoms with Crippen molar-refractivity contribution in [2.75, 3.05) is 19.8 Å². The summed E-state index contributed by atoms with van der Waals surface area (Å²) in [5, 5.41) is 2.94. The molecule has 1 rings (SSSR count). The Morgan fingerprint density at radius 3 is 2.50 bits per heavy atom. The van der Waals surface area contributed by atoms with Crippen LogP contribution < -0.4 is 11.1 Å². The first-order valence-corrected chi connectivity index (χ1v) is 6.02. The van der Waals surface area contributed by atoms with Crippen molar-refractivity contribution in [2.24, 2.45) is 17.1 Å². The lowest BCUT2D eigenvalue weighted by atomic mass is 9.87. The molecule has 0 spiro atoms. The maximum absolute atomic E-state index is 11.8. The smallest absolute Gasteiger partial charge is 0.237 e.